The molecule has 5 heteroatoms. The monoisotopic (exact) mass is 382 g/mol. The van der Waals surface area contributed by atoms with E-state index in [0.29, 0.717) is 23.7 Å². The number of rotatable bonds is 5. The fourth-order valence-corrected chi connectivity index (χ4v) is 2.34. The molecule has 3 rings (SSSR count). The largest absolute Gasteiger partial charge is 0.489 e. The SMILES string of the molecule is O=C(Nc1ccc(Br)cn1)c1cccc(OCc2ccccc2)c1. The number of halogens is 1. The van der Waals surface area contributed by atoms with Gasteiger partial charge in [0.05, 0.1) is 0 Å². The van der Waals surface area contributed by atoms with Gasteiger partial charge in [0.25, 0.3) is 5.91 Å². The first-order valence-corrected chi connectivity index (χ1v) is 8.20. The molecule has 1 N–H and O–H groups in total. The highest BCUT2D eigenvalue weighted by Gasteiger charge is 2.08. The summed E-state index contributed by atoms with van der Waals surface area (Å²) in [5, 5.41) is 2.76. The van der Waals surface area contributed by atoms with E-state index in [0.717, 1.165) is 10.0 Å². The Morgan fingerprint density at radius 3 is 2.62 bits per heavy atom. The van der Waals surface area contributed by atoms with Crippen LogP contribution < -0.4 is 10.1 Å². The van der Waals surface area contributed by atoms with Gasteiger partial charge in [0, 0.05) is 16.2 Å². The average Bonchev–Trinajstić information content (AvgIpc) is 2.63. The Balaban J connectivity index is 1.65. The number of benzene rings is 2. The molecular formula is C19H15BrN2O2. The Morgan fingerprint density at radius 1 is 1.04 bits per heavy atom. The van der Waals surface area contributed by atoms with Crippen LogP contribution in [0.1, 0.15) is 15.9 Å². The fraction of sp³-hybridized carbons (Fsp3) is 0.0526. The van der Waals surface area contributed by atoms with Gasteiger partial charge in [-0.1, -0.05) is 36.4 Å². The van der Waals surface area contributed by atoms with Crippen LogP contribution in [0.25, 0.3) is 0 Å². The standard InChI is InChI=1S/C19H15BrN2O2/c20-16-9-10-18(21-12-16)22-19(23)15-7-4-8-17(11-15)24-13-14-5-2-1-3-6-14/h1-12H,13H2,(H,21,22,23). The number of nitrogens with zero attached hydrogens (tertiary/aromatic N) is 1. The highest BCUT2D eigenvalue weighted by atomic mass is 79.9. The number of aromatic nitrogens is 1. The summed E-state index contributed by atoms with van der Waals surface area (Å²) < 4.78 is 6.61. The van der Waals surface area contributed by atoms with Crippen molar-refractivity contribution in [1.29, 1.82) is 0 Å². The predicted molar refractivity (Wildman–Crippen MR) is 97.1 cm³/mol. The average molecular weight is 383 g/mol. The van der Waals surface area contributed by atoms with Gasteiger partial charge in [0.15, 0.2) is 0 Å². The van der Waals surface area contributed by atoms with Crippen molar-refractivity contribution in [3.63, 3.8) is 0 Å². The number of ether oxygens (including phenoxy) is 1. The fourth-order valence-electron chi connectivity index (χ4n) is 2.11. The van der Waals surface area contributed by atoms with Gasteiger partial charge in [0.1, 0.15) is 18.2 Å². The van der Waals surface area contributed by atoms with Crippen LogP contribution in [0.2, 0.25) is 0 Å². The second-order valence-electron chi connectivity index (χ2n) is 5.12. The zero-order chi connectivity index (χ0) is 16.8. The third-order valence-electron chi connectivity index (χ3n) is 3.31. The third kappa shape index (κ3) is 4.43. The lowest BCUT2D eigenvalue weighted by Gasteiger charge is -2.08. The summed E-state index contributed by atoms with van der Waals surface area (Å²) in [6.45, 7) is 0.459. The molecule has 0 aliphatic carbocycles. The van der Waals surface area contributed by atoms with Crippen molar-refractivity contribution >= 4 is 27.7 Å². The van der Waals surface area contributed by atoms with E-state index in [1.807, 2.05) is 42.5 Å². The van der Waals surface area contributed by atoms with Crippen LogP contribution in [-0.2, 0) is 6.61 Å². The Kier molecular flexibility index (Phi) is 5.23. The maximum atomic E-state index is 12.3. The first kappa shape index (κ1) is 16.2. The van der Waals surface area contributed by atoms with Crippen molar-refractivity contribution in [3.8, 4) is 5.75 Å². The molecular weight excluding hydrogens is 368 g/mol. The number of carbonyl (C=O) groups excluding carboxylic acids is 1. The van der Waals surface area contributed by atoms with Crippen LogP contribution in [0.4, 0.5) is 5.82 Å². The minimum atomic E-state index is -0.227. The van der Waals surface area contributed by atoms with Crippen molar-refractivity contribution < 1.29 is 9.53 Å². The smallest absolute Gasteiger partial charge is 0.256 e. The summed E-state index contributed by atoms with van der Waals surface area (Å²) in [5.41, 5.74) is 1.59. The molecule has 1 amide bonds. The van der Waals surface area contributed by atoms with Gasteiger partial charge in [-0.15, -0.1) is 0 Å². The molecule has 0 unspecified atom stereocenters. The molecule has 0 radical (unpaired) electrons. The molecule has 0 fully saturated rings. The van der Waals surface area contributed by atoms with Gasteiger partial charge in [0.2, 0.25) is 0 Å². The lowest BCUT2D eigenvalue weighted by Crippen LogP contribution is -2.12. The molecule has 4 nitrogen and oxygen atoms in total. The topological polar surface area (TPSA) is 51.2 Å². The quantitative estimate of drug-likeness (QED) is 0.696. The van der Waals surface area contributed by atoms with Crippen LogP contribution in [0.5, 0.6) is 5.75 Å². The number of anilines is 1. The van der Waals surface area contributed by atoms with Crippen LogP contribution in [0.15, 0.2) is 77.4 Å². The minimum Gasteiger partial charge on any atom is -0.489 e. The number of carbonyl (C=O) groups is 1. The zero-order valence-corrected chi connectivity index (χ0v) is 14.4. The van der Waals surface area contributed by atoms with Gasteiger partial charge in [-0.3, -0.25) is 4.79 Å². The molecule has 0 saturated carbocycles. The molecule has 0 bridgehead atoms. The van der Waals surface area contributed by atoms with Crippen molar-refractivity contribution in [1.82, 2.24) is 4.98 Å². The molecule has 1 aromatic heterocycles. The van der Waals surface area contributed by atoms with Crippen LogP contribution in [0, 0.1) is 0 Å². The Morgan fingerprint density at radius 2 is 1.88 bits per heavy atom. The second kappa shape index (κ2) is 7.75. The molecule has 0 spiro atoms. The third-order valence-corrected chi connectivity index (χ3v) is 3.78. The molecule has 0 aliphatic rings. The lowest BCUT2D eigenvalue weighted by molar-refractivity contribution is 0.102. The van der Waals surface area contributed by atoms with Gasteiger partial charge in [-0.2, -0.15) is 0 Å². The lowest BCUT2D eigenvalue weighted by atomic mass is 10.2. The highest BCUT2D eigenvalue weighted by Crippen LogP contribution is 2.17. The maximum Gasteiger partial charge on any atom is 0.256 e. The predicted octanol–water partition coefficient (Wildman–Crippen LogP) is 4.68. The number of pyridine rings is 1. The highest BCUT2D eigenvalue weighted by molar-refractivity contribution is 9.10. The van der Waals surface area contributed by atoms with Crippen molar-refractivity contribution in [3.05, 3.63) is 88.5 Å². The number of amides is 1. The first-order chi connectivity index (χ1) is 11.7. The summed E-state index contributed by atoms with van der Waals surface area (Å²) in [4.78, 5) is 16.4. The van der Waals surface area contributed by atoms with Gasteiger partial charge in [-0.05, 0) is 51.8 Å². The molecule has 120 valence electrons. The summed E-state index contributed by atoms with van der Waals surface area (Å²) in [7, 11) is 0. The van der Waals surface area contributed by atoms with Crippen LogP contribution >= 0.6 is 15.9 Å². The summed E-state index contributed by atoms with van der Waals surface area (Å²) >= 11 is 3.31. The molecule has 0 saturated heterocycles. The molecule has 1 heterocycles. The number of hydrogen-bond acceptors (Lipinski definition) is 3. The van der Waals surface area contributed by atoms with E-state index in [1.165, 1.54) is 0 Å². The maximum absolute atomic E-state index is 12.3. The summed E-state index contributed by atoms with van der Waals surface area (Å²) in [6.07, 6.45) is 1.63. The van der Waals surface area contributed by atoms with Gasteiger partial charge < -0.3 is 10.1 Å². The van der Waals surface area contributed by atoms with Crippen molar-refractivity contribution in [2.24, 2.45) is 0 Å². The van der Waals surface area contributed by atoms with E-state index in [-0.39, 0.29) is 5.91 Å². The number of hydrogen-bond donors (Lipinski definition) is 1. The van der Waals surface area contributed by atoms with Gasteiger partial charge in [-0.25, -0.2) is 4.98 Å². The zero-order valence-electron chi connectivity index (χ0n) is 12.8. The Hall–Kier alpha value is -2.66. The Labute approximate surface area is 148 Å². The molecule has 2 aromatic carbocycles. The van der Waals surface area contributed by atoms with E-state index >= 15 is 0 Å². The van der Waals surface area contributed by atoms with Gasteiger partial charge >= 0.3 is 0 Å². The normalized spacial score (nSPS) is 10.2. The van der Waals surface area contributed by atoms with E-state index in [4.69, 9.17) is 4.74 Å². The van der Waals surface area contributed by atoms with E-state index in [9.17, 15) is 4.79 Å². The molecule has 0 atom stereocenters. The second-order valence-corrected chi connectivity index (χ2v) is 6.03. The molecule has 3 aromatic rings. The van der Waals surface area contributed by atoms with Crippen LogP contribution in [0.3, 0.4) is 0 Å². The Bertz CT molecular complexity index is 820. The van der Waals surface area contributed by atoms with E-state index in [1.54, 1.807) is 30.5 Å². The minimum absolute atomic E-state index is 0.227. The number of nitrogens with one attached hydrogen (secondary N) is 1. The molecule has 24 heavy (non-hydrogen) atoms. The summed E-state index contributed by atoms with van der Waals surface area (Å²) in [6, 6.07) is 20.5. The van der Waals surface area contributed by atoms with Crippen molar-refractivity contribution in [2.45, 2.75) is 6.61 Å². The first-order valence-electron chi connectivity index (χ1n) is 7.40. The molecule has 0 aliphatic heterocycles. The van der Waals surface area contributed by atoms with E-state index in [2.05, 4.69) is 26.2 Å². The summed E-state index contributed by atoms with van der Waals surface area (Å²) in [5.74, 6) is 0.920. The van der Waals surface area contributed by atoms with Crippen LogP contribution in [-0.4, -0.2) is 10.9 Å². The van der Waals surface area contributed by atoms with Crippen molar-refractivity contribution in [2.75, 3.05) is 5.32 Å². The van der Waals surface area contributed by atoms with E-state index < -0.39 is 0 Å².